The molecule has 3 rings (SSSR count). The molecule has 1 heterocycles. The number of ether oxygens (including phenoxy) is 2. The lowest BCUT2D eigenvalue weighted by molar-refractivity contribution is -0.113. The molecule has 0 aliphatic carbocycles. The number of methoxy groups -OCH3 is 1. The lowest BCUT2D eigenvalue weighted by Gasteiger charge is -2.30. The number of anilines is 1. The number of nitrogens with one attached hydrogen (secondary N) is 3. The summed E-state index contributed by atoms with van der Waals surface area (Å²) in [5.74, 6) is 0.388. The third kappa shape index (κ3) is 4.89. The molecule has 2 aromatic rings. The number of aryl methyl sites for hydroxylation is 2. The third-order valence-corrected chi connectivity index (χ3v) is 5.42. The second-order valence-electron chi connectivity index (χ2n) is 7.45. The summed E-state index contributed by atoms with van der Waals surface area (Å²) in [6, 6.07) is 7.67. The number of urea groups is 1. The Balaban J connectivity index is 2.07. The van der Waals surface area contributed by atoms with Gasteiger partial charge in [0, 0.05) is 28.0 Å². The van der Waals surface area contributed by atoms with Crippen LogP contribution in [0.2, 0.25) is 5.02 Å². The summed E-state index contributed by atoms with van der Waals surface area (Å²) in [4.78, 5) is 25.7. The second kappa shape index (κ2) is 9.78. The number of hydrogen-bond donors (Lipinski definition) is 3. The van der Waals surface area contributed by atoms with Crippen molar-refractivity contribution in [1.29, 1.82) is 0 Å². The number of halogens is 1. The fourth-order valence-electron chi connectivity index (χ4n) is 3.50. The monoisotopic (exact) mass is 455 g/mol. The van der Waals surface area contributed by atoms with Gasteiger partial charge in [0.1, 0.15) is 6.61 Å². The van der Waals surface area contributed by atoms with Crippen molar-refractivity contribution < 1.29 is 19.1 Å². The van der Waals surface area contributed by atoms with E-state index in [1.165, 1.54) is 7.11 Å². The normalized spacial score (nSPS) is 15.5. The Hall–Kier alpha value is -3.45. The Morgan fingerprint density at radius 2 is 1.97 bits per heavy atom. The molecule has 2 aromatic carbocycles. The van der Waals surface area contributed by atoms with Crippen LogP contribution in [0.3, 0.4) is 0 Å². The molecule has 0 saturated carbocycles. The van der Waals surface area contributed by atoms with Gasteiger partial charge in [-0.15, -0.1) is 0 Å². The molecule has 0 radical (unpaired) electrons. The Labute approximate surface area is 192 Å². The number of carbonyl (C=O) groups is 2. The first kappa shape index (κ1) is 23.2. The molecule has 0 unspecified atom stereocenters. The van der Waals surface area contributed by atoms with E-state index in [1.54, 1.807) is 25.1 Å². The SMILES string of the molecule is C=CCOc1c(OC)cc(Cl)cc1[C@@H]1NC(=O)NC(C)=C1C(=O)Nc1ccc(C)c(C)c1. The van der Waals surface area contributed by atoms with Crippen LogP contribution in [0.5, 0.6) is 11.5 Å². The van der Waals surface area contributed by atoms with E-state index in [0.717, 1.165) is 11.1 Å². The number of allylic oxidation sites excluding steroid dienone is 1. The Morgan fingerprint density at radius 1 is 1.22 bits per heavy atom. The van der Waals surface area contributed by atoms with Crippen molar-refractivity contribution in [3.8, 4) is 11.5 Å². The quantitative estimate of drug-likeness (QED) is 0.523. The van der Waals surface area contributed by atoms with Crippen molar-refractivity contribution in [2.45, 2.75) is 26.8 Å². The van der Waals surface area contributed by atoms with Crippen molar-refractivity contribution in [3.05, 3.63) is 76.0 Å². The highest BCUT2D eigenvalue weighted by atomic mass is 35.5. The van der Waals surface area contributed by atoms with Crippen molar-refractivity contribution in [1.82, 2.24) is 10.6 Å². The first-order chi connectivity index (χ1) is 15.2. The molecule has 8 heteroatoms. The molecule has 1 aliphatic heterocycles. The summed E-state index contributed by atoms with van der Waals surface area (Å²) in [5.41, 5.74) is 4.08. The van der Waals surface area contributed by atoms with Crippen LogP contribution in [0.4, 0.5) is 10.5 Å². The van der Waals surface area contributed by atoms with E-state index in [4.69, 9.17) is 21.1 Å². The summed E-state index contributed by atoms with van der Waals surface area (Å²) < 4.78 is 11.3. The van der Waals surface area contributed by atoms with Crippen molar-refractivity contribution in [2.24, 2.45) is 0 Å². The topological polar surface area (TPSA) is 88.7 Å². The van der Waals surface area contributed by atoms with Crippen LogP contribution < -0.4 is 25.4 Å². The zero-order chi connectivity index (χ0) is 23.4. The fourth-order valence-corrected chi connectivity index (χ4v) is 3.71. The molecule has 3 N–H and O–H groups in total. The maximum absolute atomic E-state index is 13.3. The van der Waals surface area contributed by atoms with Gasteiger partial charge in [-0.2, -0.15) is 0 Å². The van der Waals surface area contributed by atoms with E-state index in [9.17, 15) is 9.59 Å². The lowest BCUT2D eigenvalue weighted by Crippen LogP contribution is -2.46. The average Bonchev–Trinajstić information content (AvgIpc) is 2.74. The van der Waals surface area contributed by atoms with Crippen LogP contribution in [0, 0.1) is 13.8 Å². The molecule has 0 aromatic heterocycles. The molecule has 1 atom stereocenters. The summed E-state index contributed by atoms with van der Waals surface area (Å²) in [6.07, 6.45) is 1.59. The maximum Gasteiger partial charge on any atom is 0.319 e. The number of amides is 3. The van der Waals surface area contributed by atoms with Gasteiger partial charge >= 0.3 is 6.03 Å². The largest absolute Gasteiger partial charge is 0.493 e. The number of carbonyl (C=O) groups excluding carboxylic acids is 2. The molecule has 168 valence electrons. The van der Waals surface area contributed by atoms with Crippen LogP contribution in [0.15, 0.2) is 54.3 Å². The number of rotatable bonds is 7. The molecule has 0 saturated heterocycles. The minimum absolute atomic E-state index is 0.205. The highest BCUT2D eigenvalue weighted by molar-refractivity contribution is 6.31. The fraction of sp³-hybridized carbons (Fsp3) is 0.250. The third-order valence-electron chi connectivity index (χ3n) is 5.20. The van der Waals surface area contributed by atoms with Gasteiger partial charge < -0.3 is 25.4 Å². The van der Waals surface area contributed by atoms with E-state index >= 15 is 0 Å². The minimum atomic E-state index is -0.817. The highest BCUT2D eigenvalue weighted by Gasteiger charge is 2.34. The number of hydrogen-bond acceptors (Lipinski definition) is 4. The summed E-state index contributed by atoms with van der Waals surface area (Å²) in [6.45, 7) is 9.53. The van der Waals surface area contributed by atoms with Gasteiger partial charge in [0.2, 0.25) is 0 Å². The van der Waals surface area contributed by atoms with Crippen molar-refractivity contribution >= 4 is 29.2 Å². The van der Waals surface area contributed by atoms with E-state index in [-0.39, 0.29) is 12.5 Å². The Bertz CT molecular complexity index is 1110. The molecule has 0 spiro atoms. The molecule has 1 aliphatic rings. The van der Waals surface area contributed by atoms with Gasteiger partial charge in [-0.25, -0.2) is 4.79 Å². The van der Waals surface area contributed by atoms with Gasteiger partial charge in [0.15, 0.2) is 11.5 Å². The lowest BCUT2D eigenvalue weighted by atomic mass is 9.93. The van der Waals surface area contributed by atoms with Crippen LogP contribution in [-0.2, 0) is 4.79 Å². The second-order valence-corrected chi connectivity index (χ2v) is 7.89. The van der Waals surface area contributed by atoms with E-state index < -0.39 is 12.1 Å². The first-order valence-corrected chi connectivity index (χ1v) is 10.4. The zero-order valence-corrected chi connectivity index (χ0v) is 19.2. The Morgan fingerprint density at radius 3 is 2.62 bits per heavy atom. The summed E-state index contributed by atoms with van der Waals surface area (Å²) in [5, 5.41) is 8.77. The van der Waals surface area contributed by atoms with Crippen molar-refractivity contribution in [2.75, 3.05) is 19.0 Å². The van der Waals surface area contributed by atoms with Gasteiger partial charge in [-0.1, -0.05) is 30.3 Å². The predicted octanol–water partition coefficient (Wildman–Crippen LogP) is 4.80. The zero-order valence-electron chi connectivity index (χ0n) is 18.5. The molecular weight excluding hydrogens is 430 g/mol. The van der Waals surface area contributed by atoms with Crippen LogP contribution >= 0.6 is 11.6 Å². The Kier molecular flexibility index (Phi) is 7.10. The minimum Gasteiger partial charge on any atom is -0.493 e. The van der Waals surface area contributed by atoms with E-state index in [2.05, 4.69) is 22.5 Å². The van der Waals surface area contributed by atoms with Gasteiger partial charge in [-0.05, 0) is 50.1 Å². The van der Waals surface area contributed by atoms with Crippen molar-refractivity contribution in [3.63, 3.8) is 0 Å². The van der Waals surface area contributed by atoms with Gasteiger partial charge in [0.25, 0.3) is 5.91 Å². The highest BCUT2D eigenvalue weighted by Crippen LogP contribution is 2.41. The van der Waals surface area contributed by atoms with Crippen LogP contribution in [-0.4, -0.2) is 25.7 Å². The molecule has 3 amide bonds. The maximum atomic E-state index is 13.3. The molecule has 0 bridgehead atoms. The van der Waals surface area contributed by atoms with E-state index in [1.807, 2.05) is 32.0 Å². The molecule has 32 heavy (non-hydrogen) atoms. The average molecular weight is 456 g/mol. The standard InChI is InChI=1S/C24H26ClN3O4/c1-6-9-32-22-18(11-16(25)12-19(22)31-5)21-20(15(4)26-24(30)28-21)23(29)27-17-8-7-13(2)14(3)10-17/h6-8,10-12,21H,1,9H2,2-5H3,(H,27,29)(H2,26,28,30)/t21-/m0/s1. The smallest absolute Gasteiger partial charge is 0.319 e. The summed E-state index contributed by atoms with van der Waals surface area (Å²) >= 11 is 6.32. The molecular formula is C24H26ClN3O4. The van der Waals surface area contributed by atoms with Gasteiger partial charge in [-0.3, -0.25) is 4.79 Å². The van der Waals surface area contributed by atoms with Crippen LogP contribution in [0.25, 0.3) is 0 Å². The summed E-state index contributed by atoms with van der Waals surface area (Å²) in [7, 11) is 1.49. The van der Waals surface area contributed by atoms with Gasteiger partial charge in [0.05, 0.1) is 18.7 Å². The molecule has 0 fully saturated rings. The number of benzene rings is 2. The van der Waals surface area contributed by atoms with E-state index in [0.29, 0.717) is 39.0 Å². The molecule has 7 nitrogen and oxygen atoms in total. The predicted molar refractivity (Wildman–Crippen MR) is 125 cm³/mol. The van der Waals surface area contributed by atoms with Crippen LogP contribution in [0.1, 0.15) is 29.7 Å². The first-order valence-electron chi connectivity index (χ1n) is 10.0.